The van der Waals surface area contributed by atoms with E-state index >= 15 is 0 Å². The lowest BCUT2D eigenvalue weighted by atomic mass is 9.98. The van der Waals surface area contributed by atoms with Gasteiger partial charge >= 0.3 is 0 Å². The number of allylic oxidation sites excluding steroid dienone is 1. The Morgan fingerprint density at radius 1 is 1.03 bits per heavy atom. The van der Waals surface area contributed by atoms with E-state index in [9.17, 15) is 9.18 Å². The van der Waals surface area contributed by atoms with E-state index in [0.29, 0.717) is 34.2 Å². The molecule has 1 aliphatic heterocycles. The monoisotopic (exact) mass is 540 g/mol. The largest absolute Gasteiger partial charge is 0.370 e. The van der Waals surface area contributed by atoms with E-state index < -0.39 is 5.82 Å². The molecule has 1 aliphatic rings. The molecular formula is C32H30ClFN4O. The summed E-state index contributed by atoms with van der Waals surface area (Å²) >= 11 is 6.55. The molecule has 4 aromatic rings. The summed E-state index contributed by atoms with van der Waals surface area (Å²) in [4.78, 5) is 23.7. The second-order valence-electron chi connectivity index (χ2n) is 9.76. The number of carbonyl (C=O) groups excluding carboxylic acids is 1. The van der Waals surface area contributed by atoms with E-state index in [1.165, 1.54) is 24.6 Å². The van der Waals surface area contributed by atoms with Crippen molar-refractivity contribution in [1.82, 2.24) is 9.97 Å². The van der Waals surface area contributed by atoms with Crippen LogP contribution in [0.3, 0.4) is 0 Å². The number of rotatable bonds is 9. The highest BCUT2D eigenvalue weighted by Crippen LogP contribution is 2.33. The van der Waals surface area contributed by atoms with Crippen LogP contribution in [-0.2, 0) is 17.6 Å². The molecule has 198 valence electrons. The van der Waals surface area contributed by atoms with Crippen LogP contribution in [0.4, 0.5) is 21.7 Å². The zero-order chi connectivity index (χ0) is 27.2. The minimum atomic E-state index is -0.429. The molecule has 1 saturated heterocycles. The zero-order valence-electron chi connectivity index (χ0n) is 21.7. The average Bonchev–Trinajstić information content (AvgIpc) is 2.95. The van der Waals surface area contributed by atoms with Crippen LogP contribution in [-0.4, -0.2) is 28.8 Å². The molecule has 5 rings (SSSR count). The molecule has 0 amide bonds. The Morgan fingerprint density at radius 3 is 2.59 bits per heavy atom. The minimum Gasteiger partial charge on any atom is -0.370 e. The molecule has 39 heavy (non-hydrogen) atoms. The van der Waals surface area contributed by atoms with Crippen LogP contribution in [0.2, 0.25) is 5.02 Å². The van der Waals surface area contributed by atoms with E-state index in [1.54, 1.807) is 6.20 Å². The van der Waals surface area contributed by atoms with Crippen molar-refractivity contribution in [1.29, 1.82) is 0 Å². The van der Waals surface area contributed by atoms with Gasteiger partial charge in [-0.05, 0) is 72.9 Å². The number of aromatic nitrogens is 2. The number of halogens is 2. The topological polar surface area (TPSA) is 58.1 Å². The van der Waals surface area contributed by atoms with Crippen LogP contribution in [0.5, 0.6) is 0 Å². The van der Waals surface area contributed by atoms with Gasteiger partial charge in [0.25, 0.3) is 0 Å². The molecule has 0 aliphatic carbocycles. The number of ketones is 1. The summed E-state index contributed by atoms with van der Waals surface area (Å²) in [6.45, 7) is 5.49. The van der Waals surface area contributed by atoms with Crippen LogP contribution >= 0.6 is 11.6 Å². The Labute approximate surface area is 233 Å². The first-order valence-electron chi connectivity index (χ1n) is 13.1. The maximum absolute atomic E-state index is 14.7. The summed E-state index contributed by atoms with van der Waals surface area (Å²) in [5.74, 6) is -0.211. The quantitative estimate of drug-likeness (QED) is 0.222. The van der Waals surface area contributed by atoms with Crippen LogP contribution in [0.1, 0.15) is 36.0 Å². The van der Waals surface area contributed by atoms with E-state index in [0.717, 1.165) is 48.4 Å². The molecule has 3 aromatic carbocycles. The number of nitrogens with one attached hydrogen (secondary N) is 1. The van der Waals surface area contributed by atoms with E-state index in [1.807, 2.05) is 54.6 Å². The molecule has 0 unspecified atom stereocenters. The fourth-order valence-corrected chi connectivity index (χ4v) is 5.16. The Kier molecular flexibility index (Phi) is 8.33. The number of hydrogen-bond donors (Lipinski definition) is 1. The molecule has 0 atom stereocenters. The Balaban J connectivity index is 1.51. The first kappa shape index (κ1) is 26.6. The van der Waals surface area contributed by atoms with E-state index in [-0.39, 0.29) is 12.2 Å². The van der Waals surface area contributed by atoms with Crippen LogP contribution in [0.15, 0.2) is 85.6 Å². The van der Waals surface area contributed by atoms with Crippen LogP contribution in [0.25, 0.3) is 11.3 Å². The molecule has 1 fully saturated rings. The lowest BCUT2D eigenvalue weighted by molar-refractivity contribution is -0.114. The number of benzene rings is 3. The van der Waals surface area contributed by atoms with Gasteiger partial charge in [0, 0.05) is 48.9 Å². The first-order chi connectivity index (χ1) is 19.0. The molecule has 1 N–H and O–H groups in total. The van der Waals surface area contributed by atoms with Gasteiger partial charge in [-0.1, -0.05) is 48.5 Å². The molecular weight excluding hydrogens is 511 g/mol. The molecule has 2 heterocycles. The number of carbonyl (C=O) groups is 1. The average molecular weight is 541 g/mol. The highest BCUT2D eigenvalue weighted by atomic mass is 35.5. The summed E-state index contributed by atoms with van der Waals surface area (Å²) in [6.07, 6.45) is 7.22. The summed E-state index contributed by atoms with van der Waals surface area (Å²) in [5.41, 5.74) is 5.50. The van der Waals surface area contributed by atoms with Crippen molar-refractivity contribution in [3.8, 4) is 11.3 Å². The molecule has 0 spiro atoms. The molecule has 1 aromatic heterocycles. The van der Waals surface area contributed by atoms with Gasteiger partial charge in [-0.25, -0.2) is 14.4 Å². The summed E-state index contributed by atoms with van der Waals surface area (Å²) in [5, 5.41) is 4.03. The van der Waals surface area contributed by atoms with Crippen molar-refractivity contribution in [2.45, 2.75) is 32.1 Å². The predicted octanol–water partition coefficient (Wildman–Crippen LogP) is 7.56. The van der Waals surface area contributed by atoms with Gasteiger partial charge in [0.05, 0.1) is 16.4 Å². The van der Waals surface area contributed by atoms with Gasteiger partial charge in [0.1, 0.15) is 5.82 Å². The number of hydrogen-bond acceptors (Lipinski definition) is 5. The van der Waals surface area contributed by atoms with Crippen LogP contribution < -0.4 is 10.2 Å². The van der Waals surface area contributed by atoms with Gasteiger partial charge < -0.3 is 10.2 Å². The van der Waals surface area contributed by atoms with Gasteiger partial charge in [-0.3, -0.25) is 4.79 Å². The van der Waals surface area contributed by atoms with Crippen molar-refractivity contribution >= 4 is 34.7 Å². The van der Waals surface area contributed by atoms with Gasteiger partial charge in [0.15, 0.2) is 5.78 Å². The summed E-state index contributed by atoms with van der Waals surface area (Å²) in [7, 11) is 0. The third kappa shape index (κ3) is 6.70. The van der Waals surface area contributed by atoms with Crippen molar-refractivity contribution in [2.24, 2.45) is 0 Å². The Hall–Kier alpha value is -4.03. The lowest BCUT2D eigenvalue weighted by Crippen LogP contribution is -2.29. The molecule has 7 heteroatoms. The third-order valence-electron chi connectivity index (χ3n) is 6.84. The van der Waals surface area contributed by atoms with Crippen molar-refractivity contribution in [2.75, 3.05) is 23.3 Å². The third-order valence-corrected chi connectivity index (χ3v) is 7.16. The second-order valence-corrected chi connectivity index (χ2v) is 10.2. The fraction of sp³-hybridized carbons (Fsp3) is 0.219. The summed E-state index contributed by atoms with van der Waals surface area (Å²) < 4.78 is 14.7. The van der Waals surface area contributed by atoms with Crippen molar-refractivity contribution in [3.05, 3.63) is 113 Å². The maximum Gasteiger partial charge on any atom is 0.227 e. The first-order valence-corrected chi connectivity index (χ1v) is 13.5. The highest BCUT2D eigenvalue weighted by molar-refractivity contribution is 6.33. The second kappa shape index (κ2) is 12.2. The SMILES string of the molecule is C=CC(=O)Cc1cc(F)cc(-c2nc(Nc3ccc(Cl)c(N4CCCCC4)c3)ncc2Cc2ccccc2)c1. The lowest BCUT2D eigenvalue weighted by Gasteiger charge is -2.30. The smallest absolute Gasteiger partial charge is 0.227 e. The molecule has 0 saturated carbocycles. The molecule has 0 bridgehead atoms. The van der Waals surface area contributed by atoms with Crippen molar-refractivity contribution in [3.63, 3.8) is 0 Å². The Bertz CT molecular complexity index is 1490. The zero-order valence-corrected chi connectivity index (χ0v) is 22.4. The maximum atomic E-state index is 14.7. The predicted molar refractivity (Wildman–Crippen MR) is 156 cm³/mol. The van der Waals surface area contributed by atoms with Gasteiger partial charge in [0.2, 0.25) is 5.95 Å². The van der Waals surface area contributed by atoms with E-state index in [4.69, 9.17) is 16.6 Å². The van der Waals surface area contributed by atoms with Crippen molar-refractivity contribution < 1.29 is 9.18 Å². The van der Waals surface area contributed by atoms with Gasteiger partial charge in [-0.2, -0.15) is 0 Å². The standard InChI is InChI=1S/C32H30ClFN4O/c1-2-28(39)18-23-16-24(19-26(34)17-23)31-25(15-22-9-5-3-6-10-22)21-35-32(37-31)36-27-11-12-29(33)30(20-27)38-13-7-4-8-14-38/h2-3,5-6,9-12,16-17,19-21H,1,4,7-8,13-15,18H2,(H,35,36,37). The normalized spacial score (nSPS) is 13.2. The van der Waals surface area contributed by atoms with Gasteiger partial charge in [-0.15, -0.1) is 0 Å². The highest BCUT2D eigenvalue weighted by Gasteiger charge is 2.17. The van der Waals surface area contributed by atoms with Crippen LogP contribution in [0, 0.1) is 5.82 Å². The molecule has 0 radical (unpaired) electrons. The van der Waals surface area contributed by atoms with E-state index in [2.05, 4.69) is 21.8 Å². The number of nitrogens with zero attached hydrogens (tertiary/aromatic N) is 3. The molecule has 5 nitrogen and oxygen atoms in total. The Morgan fingerprint density at radius 2 is 1.82 bits per heavy atom. The summed E-state index contributed by atoms with van der Waals surface area (Å²) in [6, 6.07) is 20.4. The number of anilines is 3. The fourth-order valence-electron chi connectivity index (χ4n) is 4.92. The number of piperidine rings is 1. The minimum absolute atomic E-state index is 0.0719.